The monoisotopic (exact) mass is 312 g/mol. The second-order valence-electron chi connectivity index (χ2n) is 6.32. The van der Waals surface area contributed by atoms with E-state index in [0.29, 0.717) is 12.2 Å². The van der Waals surface area contributed by atoms with Crippen molar-refractivity contribution in [2.45, 2.75) is 44.6 Å². The normalized spacial score (nSPS) is 16.9. The highest BCUT2D eigenvalue weighted by atomic mass is 16.5. The van der Waals surface area contributed by atoms with Gasteiger partial charge in [-0.3, -0.25) is 4.79 Å². The number of aromatic nitrogens is 2. The van der Waals surface area contributed by atoms with Crippen molar-refractivity contribution in [1.82, 2.24) is 9.55 Å². The van der Waals surface area contributed by atoms with Crippen molar-refractivity contribution in [3.63, 3.8) is 0 Å². The van der Waals surface area contributed by atoms with Crippen molar-refractivity contribution >= 4 is 5.78 Å². The number of rotatable bonds is 6. The number of carbonyl (C=O) groups is 1. The lowest BCUT2D eigenvalue weighted by Crippen LogP contribution is -2.29. The molecule has 122 valence electrons. The summed E-state index contributed by atoms with van der Waals surface area (Å²) in [6.45, 7) is 0. The SMILES string of the molecule is COc1ccc(CC(C(=O)C2CCCCC2)n2ccnc2)cc1. The zero-order valence-corrected chi connectivity index (χ0v) is 13.6. The molecule has 0 amide bonds. The van der Waals surface area contributed by atoms with E-state index in [9.17, 15) is 4.79 Å². The molecule has 4 nitrogen and oxygen atoms in total. The molecule has 1 aliphatic rings. The fourth-order valence-electron chi connectivity index (χ4n) is 3.45. The van der Waals surface area contributed by atoms with Crippen LogP contribution in [0.15, 0.2) is 43.0 Å². The first-order chi connectivity index (χ1) is 11.3. The van der Waals surface area contributed by atoms with Crippen LogP contribution >= 0.6 is 0 Å². The van der Waals surface area contributed by atoms with Gasteiger partial charge in [0.15, 0.2) is 5.78 Å². The van der Waals surface area contributed by atoms with Crippen LogP contribution in [0.4, 0.5) is 0 Å². The summed E-state index contributed by atoms with van der Waals surface area (Å²) >= 11 is 0. The molecule has 0 aliphatic heterocycles. The summed E-state index contributed by atoms with van der Waals surface area (Å²) < 4.78 is 7.17. The van der Waals surface area contributed by atoms with Crippen LogP contribution < -0.4 is 4.74 Å². The van der Waals surface area contributed by atoms with Gasteiger partial charge in [0, 0.05) is 24.7 Å². The van der Waals surface area contributed by atoms with E-state index in [1.165, 1.54) is 19.3 Å². The third kappa shape index (κ3) is 3.81. The lowest BCUT2D eigenvalue weighted by atomic mass is 9.82. The fraction of sp³-hybridized carbons (Fsp3) is 0.474. The van der Waals surface area contributed by atoms with E-state index in [1.54, 1.807) is 19.6 Å². The molecule has 0 N–H and O–H groups in total. The van der Waals surface area contributed by atoms with Gasteiger partial charge < -0.3 is 9.30 Å². The van der Waals surface area contributed by atoms with E-state index < -0.39 is 0 Å². The number of Topliss-reactive ketones (excluding diaryl/α,β-unsaturated/α-hetero) is 1. The van der Waals surface area contributed by atoms with Crippen molar-refractivity contribution in [3.05, 3.63) is 48.5 Å². The van der Waals surface area contributed by atoms with Gasteiger partial charge in [0.1, 0.15) is 5.75 Å². The minimum absolute atomic E-state index is 0.158. The van der Waals surface area contributed by atoms with Gasteiger partial charge in [-0.1, -0.05) is 31.4 Å². The zero-order chi connectivity index (χ0) is 16.1. The molecule has 0 saturated heterocycles. The van der Waals surface area contributed by atoms with E-state index in [4.69, 9.17) is 4.74 Å². The molecule has 1 atom stereocenters. The number of carbonyl (C=O) groups excluding carboxylic acids is 1. The van der Waals surface area contributed by atoms with Gasteiger partial charge in [-0.25, -0.2) is 4.98 Å². The van der Waals surface area contributed by atoms with Gasteiger partial charge in [0.25, 0.3) is 0 Å². The number of hydrogen-bond acceptors (Lipinski definition) is 3. The third-order valence-corrected chi connectivity index (χ3v) is 4.81. The van der Waals surface area contributed by atoms with E-state index in [-0.39, 0.29) is 12.0 Å². The number of benzene rings is 1. The largest absolute Gasteiger partial charge is 0.497 e. The minimum atomic E-state index is -0.158. The number of ketones is 1. The summed E-state index contributed by atoms with van der Waals surface area (Å²) in [4.78, 5) is 17.2. The second-order valence-corrected chi connectivity index (χ2v) is 6.32. The van der Waals surface area contributed by atoms with E-state index in [0.717, 1.165) is 24.2 Å². The van der Waals surface area contributed by atoms with E-state index >= 15 is 0 Å². The van der Waals surface area contributed by atoms with Crippen LogP contribution in [0.5, 0.6) is 5.75 Å². The first-order valence-electron chi connectivity index (χ1n) is 8.42. The van der Waals surface area contributed by atoms with Crippen LogP contribution in [-0.4, -0.2) is 22.4 Å². The molecule has 4 heteroatoms. The Labute approximate surface area is 137 Å². The molecule has 1 aromatic heterocycles. The molecule has 0 radical (unpaired) electrons. The molecule has 1 heterocycles. The molecule has 1 fully saturated rings. The molecular formula is C19H24N2O2. The average molecular weight is 312 g/mol. The first kappa shape index (κ1) is 15.8. The van der Waals surface area contributed by atoms with Gasteiger partial charge in [-0.05, 0) is 30.5 Å². The van der Waals surface area contributed by atoms with Crippen LogP contribution in [0.1, 0.15) is 43.7 Å². The average Bonchev–Trinajstić information content (AvgIpc) is 3.15. The van der Waals surface area contributed by atoms with Gasteiger partial charge in [0.2, 0.25) is 0 Å². The Morgan fingerprint density at radius 3 is 2.61 bits per heavy atom. The maximum Gasteiger partial charge on any atom is 0.159 e. The Hall–Kier alpha value is -2.10. The molecule has 1 saturated carbocycles. The van der Waals surface area contributed by atoms with Crippen molar-refractivity contribution < 1.29 is 9.53 Å². The maximum absolute atomic E-state index is 13.1. The van der Waals surface area contributed by atoms with Gasteiger partial charge in [0.05, 0.1) is 19.5 Å². The Kier molecular flexibility index (Phi) is 5.11. The topological polar surface area (TPSA) is 44.1 Å². The van der Waals surface area contributed by atoms with Crippen LogP contribution in [-0.2, 0) is 11.2 Å². The Morgan fingerprint density at radius 1 is 1.26 bits per heavy atom. The standard InChI is InChI=1S/C19H24N2O2/c1-23-17-9-7-15(8-10-17)13-18(21-12-11-20-14-21)19(22)16-5-3-2-4-6-16/h7-12,14,16,18H,2-6,13H2,1H3. The highest BCUT2D eigenvalue weighted by Gasteiger charge is 2.29. The van der Waals surface area contributed by atoms with Crippen molar-refractivity contribution in [2.75, 3.05) is 7.11 Å². The summed E-state index contributed by atoms with van der Waals surface area (Å²) in [7, 11) is 1.66. The highest BCUT2D eigenvalue weighted by molar-refractivity contribution is 5.85. The third-order valence-electron chi connectivity index (χ3n) is 4.81. The molecular weight excluding hydrogens is 288 g/mol. The van der Waals surface area contributed by atoms with Gasteiger partial charge in [-0.2, -0.15) is 0 Å². The highest BCUT2D eigenvalue weighted by Crippen LogP contribution is 2.30. The molecule has 2 aromatic rings. The number of nitrogens with zero attached hydrogens (tertiary/aromatic N) is 2. The van der Waals surface area contributed by atoms with Crippen molar-refractivity contribution in [2.24, 2.45) is 5.92 Å². The van der Waals surface area contributed by atoms with Crippen molar-refractivity contribution in [1.29, 1.82) is 0 Å². The molecule has 3 rings (SSSR count). The van der Waals surface area contributed by atoms with Crippen LogP contribution in [0, 0.1) is 5.92 Å². The molecule has 1 aliphatic carbocycles. The van der Waals surface area contributed by atoms with E-state index in [2.05, 4.69) is 4.98 Å². The van der Waals surface area contributed by atoms with E-state index in [1.807, 2.05) is 35.0 Å². The lowest BCUT2D eigenvalue weighted by molar-refractivity contribution is -0.127. The molecule has 1 aromatic carbocycles. The van der Waals surface area contributed by atoms with Crippen LogP contribution in [0.25, 0.3) is 0 Å². The molecule has 1 unspecified atom stereocenters. The predicted octanol–water partition coefficient (Wildman–Crippen LogP) is 3.82. The summed E-state index contributed by atoms with van der Waals surface area (Å²) in [5, 5.41) is 0. The molecule has 0 spiro atoms. The number of ether oxygens (including phenoxy) is 1. The van der Waals surface area contributed by atoms with Gasteiger partial charge in [-0.15, -0.1) is 0 Å². The Balaban J connectivity index is 1.79. The summed E-state index contributed by atoms with van der Waals surface area (Å²) in [5.41, 5.74) is 1.15. The van der Waals surface area contributed by atoms with Crippen LogP contribution in [0.3, 0.4) is 0 Å². The Bertz CT molecular complexity index is 613. The zero-order valence-electron chi connectivity index (χ0n) is 13.6. The number of imidazole rings is 1. The summed E-state index contributed by atoms with van der Waals surface area (Å²) in [6.07, 6.45) is 11.8. The van der Waals surface area contributed by atoms with Crippen LogP contribution in [0.2, 0.25) is 0 Å². The number of hydrogen-bond donors (Lipinski definition) is 0. The summed E-state index contributed by atoms with van der Waals surface area (Å²) in [6, 6.07) is 7.82. The first-order valence-corrected chi connectivity index (χ1v) is 8.42. The summed E-state index contributed by atoms with van der Waals surface area (Å²) in [5.74, 6) is 1.40. The fourth-order valence-corrected chi connectivity index (χ4v) is 3.45. The maximum atomic E-state index is 13.1. The Morgan fingerprint density at radius 2 is 2.00 bits per heavy atom. The number of methoxy groups -OCH3 is 1. The smallest absolute Gasteiger partial charge is 0.159 e. The predicted molar refractivity (Wildman–Crippen MR) is 89.5 cm³/mol. The minimum Gasteiger partial charge on any atom is -0.497 e. The lowest BCUT2D eigenvalue weighted by Gasteiger charge is -2.26. The van der Waals surface area contributed by atoms with Crippen molar-refractivity contribution in [3.8, 4) is 5.75 Å². The molecule has 0 bridgehead atoms. The second kappa shape index (κ2) is 7.44. The van der Waals surface area contributed by atoms with Gasteiger partial charge >= 0.3 is 0 Å². The molecule has 23 heavy (non-hydrogen) atoms. The quantitative estimate of drug-likeness (QED) is 0.814.